The van der Waals surface area contributed by atoms with E-state index in [0.717, 1.165) is 5.56 Å². The molecule has 1 amide bonds. The molecule has 0 atom stereocenters. The third kappa shape index (κ3) is 4.06. The van der Waals surface area contributed by atoms with Gasteiger partial charge in [-0.1, -0.05) is 23.7 Å². The number of hydrogen-bond donors (Lipinski definition) is 1. The Kier molecular flexibility index (Phi) is 5.01. The standard InChI is InChI=1S/C18H15ClFNO3/c19-15-9-13(10-16-18(15)24-7-6-23-16)11-21-17(22)5-4-12-2-1-3-14(20)8-12/h1-5,8-10H,6-7,11H2,(H,21,22)/b5-4+. The first-order valence-electron chi connectivity index (χ1n) is 7.41. The van der Waals surface area contributed by atoms with E-state index in [4.69, 9.17) is 21.1 Å². The van der Waals surface area contributed by atoms with Crippen LogP contribution < -0.4 is 14.8 Å². The molecule has 24 heavy (non-hydrogen) atoms. The van der Waals surface area contributed by atoms with E-state index in [0.29, 0.717) is 41.8 Å². The summed E-state index contributed by atoms with van der Waals surface area (Å²) in [6.07, 6.45) is 2.91. The summed E-state index contributed by atoms with van der Waals surface area (Å²) in [5.74, 6) is 0.478. The Labute approximate surface area is 143 Å². The topological polar surface area (TPSA) is 47.6 Å². The molecular formula is C18H15ClFNO3. The molecule has 0 unspecified atom stereocenters. The summed E-state index contributed by atoms with van der Waals surface area (Å²) in [4.78, 5) is 11.9. The predicted octanol–water partition coefficient (Wildman–Crippen LogP) is 3.58. The van der Waals surface area contributed by atoms with Gasteiger partial charge in [-0.2, -0.15) is 0 Å². The van der Waals surface area contributed by atoms with Gasteiger partial charge in [0.15, 0.2) is 11.5 Å². The van der Waals surface area contributed by atoms with Gasteiger partial charge >= 0.3 is 0 Å². The van der Waals surface area contributed by atoms with Crippen molar-refractivity contribution >= 4 is 23.6 Å². The zero-order valence-electron chi connectivity index (χ0n) is 12.7. The summed E-state index contributed by atoms with van der Waals surface area (Å²) in [6.45, 7) is 1.23. The lowest BCUT2D eigenvalue weighted by Crippen LogP contribution is -2.21. The van der Waals surface area contributed by atoms with E-state index < -0.39 is 0 Å². The minimum atomic E-state index is -0.344. The average molecular weight is 348 g/mol. The summed E-state index contributed by atoms with van der Waals surface area (Å²) in [7, 11) is 0. The van der Waals surface area contributed by atoms with Crippen molar-refractivity contribution in [3.8, 4) is 11.5 Å². The lowest BCUT2D eigenvalue weighted by Gasteiger charge is -2.20. The highest BCUT2D eigenvalue weighted by Gasteiger charge is 2.16. The SMILES string of the molecule is O=C(/C=C/c1cccc(F)c1)NCc1cc(Cl)c2c(c1)OCCO2. The van der Waals surface area contributed by atoms with E-state index in [9.17, 15) is 9.18 Å². The number of carbonyl (C=O) groups is 1. The minimum absolute atomic E-state index is 0.287. The highest BCUT2D eigenvalue weighted by atomic mass is 35.5. The van der Waals surface area contributed by atoms with Crippen molar-refractivity contribution in [2.24, 2.45) is 0 Å². The summed E-state index contributed by atoms with van der Waals surface area (Å²) in [5, 5.41) is 3.19. The predicted molar refractivity (Wildman–Crippen MR) is 89.7 cm³/mol. The Balaban J connectivity index is 1.61. The van der Waals surface area contributed by atoms with Gasteiger partial charge < -0.3 is 14.8 Å². The molecule has 2 aromatic rings. The maximum absolute atomic E-state index is 13.1. The Bertz CT molecular complexity index is 792. The lowest BCUT2D eigenvalue weighted by molar-refractivity contribution is -0.116. The molecule has 0 fully saturated rings. The zero-order chi connectivity index (χ0) is 16.9. The second-order valence-corrected chi connectivity index (χ2v) is 5.62. The van der Waals surface area contributed by atoms with E-state index in [1.54, 1.807) is 30.3 Å². The van der Waals surface area contributed by atoms with Gasteiger partial charge in [-0.25, -0.2) is 4.39 Å². The average Bonchev–Trinajstić information content (AvgIpc) is 2.58. The number of benzene rings is 2. The molecule has 4 nitrogen and oxygen atoms in total. The lowest BCUT2D eigenvalue weighted by atomic mass is 10.2. The maximum Gasteiger partial charge on any atom is 0.244 e. The van der Waals surface area contributed by atoms with Crippen molar-refractivity contribution < 1.29 is 18.7 Å². The van der Waals surface area contributed by atoms with Crippen LogP contribution in [-0.4, -0.2) is 19.1 Å². The number of ether oxygens (including phenoxy) is 2. The molecule has 1 aliphatic rings. The van der Waals surface area contributed by atoms with E-state index in [1.807, 2.05) is 0 Å². The van der Waals surface area contributed by atoms with Crippen LogP contribution in [0.1, 0.15) is 11.1 Å². The van der Waals surface area contributed by atoms with Gasteiger partial charge in [-0.05, 0) is 41.5 Å². The molecule has 1 N–H and O–H groups in total. The molecule has 1 aliphatic heterocycles. The first-order valence-corrected chi connectivity index (χ1v) is 7.79. The fraction of sp³-hybridized carbons (Fsp3) is 0.167. The number of amides is 1. The molecular weight excluding hydrogens is 333 g/mol. The maximum atomic E-state index is 13.1. The van der Waals surface area contributed by atoms with Crippen LogP contribution >= 0.6 is 11.6 Å². The molecule has 0 bridgehead atoms. The summed E-state index contributed by atoms with van der Waals surface area (Å²) >= 11 is 6.15. The van der Waals surface area contributed by atoms with E-state index in [2.05, 4.69) is 5.32 Å². The van der Waals surface area contributed by atoms with Gasteiger partial charge in [0, 0.05) is 12.6 Å². The molecule has 6 heteroatoms. The van der Waals surface area contributed by atoms with E-state index >= 15 is 0 Å². The minimum Gasteiger partial charge on any atom is -0.486 e. The van der Waals surface area contributed by atoms with Crippen LogP contribution in [-0.2, 0) is 11.3 Å². The van der Waals surface area contributed by atoms with Crippen molar-refractivity contribution in [1.29, 1.82) is 0 Å². The van der Waals surface area contributed by atoms with Gasteiger partial charge in [0.05, 0.1) is 5.02 Å². The number of halogens is 2. The number of hydrogen-bond acceptors (Lipinski definition) is 3. The van der Waals surface area contributed by atoms with Crippen LogP contribution in [0.25, 0.3) is 6.08 Å². The monoisotopic (exact) mass is 347 g/mol. The summed E-state index contributed by atoms with van der Waals surface area (Å²) in [6, 6.07) is 9.52. The van der Waals surface area contributed by atoms with Crippen molar-refractivity contribution in [2.45, 2.75) is 6.54 Å². The molecule has 124 valence electrons. The van der Waals surface area contributed by atoms with Crippen molar-refractivity contribution in [2.75, 3.05) is 13.2 Å². The van der Waals surface area contributed by atoms with Crippen LogP contribution in [0, 0.1) is 5.82 Å². The Morgan fingerprint density at radius 1 is 1.25 bits per heavy atom. The molecule has 0 saturated carbocycles. The molecule has 0 saturated heterocycles. The van der Waals surface area contributed by atoms with Crippen LogP contribution in [0.4, 0.5) is 4.39 Å². The summed E-state index contributed by atoms with van der Waals surface area (Å²) < 4.78 is 24.0. The molecule has 0 radical (unpaired) electrons. The highest BCUT2D eigenvalue weighted by molar-refractivity contribution is 6.32. The molecule has 2 aromatic carbocycles. The smallest absolute Gasteiger partial charge is 0.244 e. The molecule has 3 rings (SSSR count). The summed E-state index contributed by atoms with van der Waals surface area (Å²) in [5.41, 5.74) is 1.42. The first-order chi connectivity index (χ1) is 11.6. The van der Waals surface area contributed by atoms with Crippen LogP contribution in [0.3, 0.4) is 0 Å². The van der Waals surface area contributed by atoms with Crippen molar-refractivity contribution in [3.05, 3.63) is 64.4 Å². The van der Waals surface area contributed by atoms with Gasteiger partial charge in [0.1, 0.15) is 19.0 Å². The van der Waals surface area contributed by atoms with E-state index in [1.165, 1.54) is 18.2 Å². The normalized spacial score (nSPS) is 13.1. The first kappa shape index (κ1) is 16.3. The second-order valence-electron chi connectivity index (χ2n) is 5.21. The Morgan fingerprint density at radius 2 is 2.08 bits per heavy atom. The highest BCUT2D eigenvalue weighted by Crippen LogP contribution is 2.38. The molecule has 1 heterocycles. The van der Waals surface area contributed by atoms with Gasteiger partial charge in [0.2, 0.25) is 5.91 Å². The molecule has 0 aromatic heterocycles. The van der Waals surface area contributed by atoms with Gasteiger partial charge in [-0.3, -0.25) is 4.79 Å². The van der Waals surface area contributed by atoms with Crippen LogP contribution in [0.15, 0.2) is 42.5 Å². The third-order valence-electron chi connectivity index (χ3n) is 3.40. The number of rotatable bonds is 4. The number of nitrogens with one attached hydrogen (secondary N) is 1. The largest absolute Gasteiger partial charge is 0.486 e. The molecule has 0 aliphatic carbocycles. The van der Waals surface area contributed by atoms with Crippen LogP contribution in [0.2, 0.25) is 5.02 Å². The van der Waals surface area contributed by atoms with Crippen LogP contribution in [0.5, 0.6) is 11.5 Å². The third-order valence-corrected chi connectivity index (χ3v) is 3.68. The fourth-order valence-electron chi connectivity index (χ4n) is 2.30. The number of carbonyl (C=O) groups excluding carboxylic acids is 1. The van der Waals surface area contributed by atoms with E-state index in [-0.39, 0.29) is 11.7 Å². The van der Waals surface area contributed by atoms with Gasteiger partial charge in [-0.15, -0.1) is 0 Å². The van der Waals surface area contributed by atoms with Crippen molar-refractivity contribution in [1.82, 2.24) is 5.32 Å². The number of fused-ring (bicyclic) bond motifs is 1. The Morgan fingerprint density at radius 3 is 2.92 bits per heavy atom. The Hall–Kier alpha value is -2.53. The van der Waals surface area contributed by atoms with Crippen molar-refractivity contribution in [3.63, 3.8) is 0 Å². The molecule has 0 spiro atoms. The second kappa shape index (κ2) is 7.36. The van der Waals surface area contributed by atoms with Gasteiger partial charge in [0.25, 0.3) is 0 Å². The quantitative estimate of drug-likeness (QED) is 0.860. The fourth-order valence-corrected chi connectivity index (χ4v) is 2.58. The zero-order valence-corrected chi connectivity index (χ0v) is 13.5.